The molecule has 1 saturated heterocycles. The first-order chi connectivity index (χ1) is 8.09. The number of nitrogens with one attached hydrogen (secondary N) is 3. The van der Waals surface area contributed by atoms with Gasteiger partial charge in [0, 0.05) is 6.04 Å². The summed E-state index contributed by atoms with van der Waals surface area (Å²) in [5, 5.41) is 3.40. The average molecular weight is 258 g/mol. The molecule has 1 aliphatic heterocycles. The van der Waals surface area contributed by atoms with Crippen molar-refractivity contribution in [2.24, 2.45) is 5.92 Å². The van der Waals surface area contributed by atoms with Gasteiger partial charge in [0.05, 0.1) is 12.5 Å². The zero-order valence-corrected chi connectivity index (χ0v) is 10.6. The Morgan fingerprint density at radius 1 is 1.59 bits per heavy atom. The van der Waals surface area contributed by atoms with E-state index in [4.69, 9.17) is 0 Å². The number of sulfonamides is 1. The summed E-state index contributed by atoms with van der Waals surface area (Å²) in [6, 6.07) is -0.0731. The van der Waals surface area contributed by atoms with E-state index < -0.39 is 10.0 Å². The van der Waals surface area contributed by atoms with Gasteiger partial charge in [-0.2, -0.15) is 0 Å². The van der Waals surface area contributed by atoms with E-state index in [1.54, 1.807) is 0 Å². The highest BCUT2D eigenvalue weighted by Gasteiger charge is 2.25. The van der Waals surface area contributed by atoms with Crippen LogP contribution in [0.5, 0.6) is 0 Å². The second-order valence-corrected chi connectivity index (χ2v) is 6.11. The molecule has 1 fully saturated rings. The van der Waals surface area contributed by atoms with Gasteiger partial charge in [-0.25, -0.2) is 18.1 Å². The van der Waals surface area contributed by atoms with Crippen LogP contribution < -0.4 is 10.0 Å². The Hall–Kier alpha value is -0.920. The van der Waals surface area contributed by atoms with Crippen molar-refractivity contribution in [3.63, 3.8) is 0 Å². The Morgan fingerprint density at radius 3 is 3.00 bits per heavy atom. The van der Waals surface area contributed by atoms with Crippen molar-refractivity contribution in [3.05, 3.63) is 12.5 Å². The molecule has 2 rings (SSSR count). The molecule has 0 aromatic carbocycles. The van der Waals surface area contributed by atoms with Gasteiger partial charge in [-0.15, -0.1) is 0 Å². The first kappa shape index (κ1) is 12.5. The number of aromatic amines is 1. The first-order valence-corrected chi connectivity index (χ1v) is 7.29. The van der Waals surface area contributed by atoms with E-state index in [2.05, 4.69) is 20.0 Å². The van der Waals surface area contributed by atoms with E-state index in [0.717, 1.165) is 25.9 Å². The highest BCUT2D eigenvalue weighted by molar-refractivity contribution is 7.89. The molecule has 0 aliphatic carbocycles. The van der Waals surface area contributed by atoms with Crippen LogP contribution in [-0.2, 0) is 10.0 Å². The maximum atomic E-state index is 11.9. The third kappa shape index (κ3) is 3.05. The molecule has 2 heterocycles. The fourth-order valence-electron chi connectivity index (χ4n) is 2.10. The van der Waals surface area contributed by atoms with E-state index >= 15 is 0 Å². The highest BCUT2D eigenvalue weighted by atomic mass is 32.2. The first-order valence-electron chi connectivity index (χ1n) is 5.81. The molecule has 0 spiro atoms. The van der Waals surface area contributed by atoms with E-state index in [1.165, 1.54) is 12.5 Å². The van der Waals surface area contributed by atoms with Crippen LogP contribution in [0.25, 0.3) is 0 Å². The van der Waals surface area contributed by atoms with Gasteiger partial charge in [0.15, 0.2) is 5.03 Å². The number of aromatic nitrogens is 2. The second kappa shape index (κ2) is 5.16. The van der Waals surface area contributed by atoms with Gasteiger partial charge in [-0.3, -0.25) is 0 Å². The summed E-state index contributed by atoms with van der Waals surface area (Å²) in [6.07, 6.45) is 4.83. The number of hydrogen-bond acceptors (Lipinski definition) is 4. The summed E-state index contributed by atoms with van der Waals surface area (Å²) in [7, 11) is -3.46. The average Bonchev–Trinajstić information content (AvgIpc) is 2.84. The maximum Gasteiger partial charge on any atom is 0.257 e. The van der Waals surface area contributed by atoms with Crippen molar-refractivity contribution in [1.29, 1.82) is 0 Å². The van der Waals surface area contributed by atoms with E-state index in [0.29, 0.717) is 5.92 Å². The van der Waals surface area contributed by atoms with Crippen LogP contribution in [0.1, 0.15) is 19.8 Å². The lowest BCUT2D eigenvalue weighted by molar-refractivity contribution is 0.320. The minimum Gasteiger partial charge on any atom is -0.335 e. The Morgan fingerprint density at radius 2 is 2.41 bits per heavy atom. The molecule has 0 bridgehead atoms. The van der Waals surface area contributed by atoms with Crippen LogP contribution in [0.3, 0.4) is 0 Å². The molecule has 96 valence electrons. The number of nitrogens with zero attached hydrogens (tertiary/aromatic N) is 1. The van der Waals surface area contributed by atoms with Gasteiger partial charge in [0.1, 0.15) is 0 Å². The Bertz CT molecular complexity index is 437. The number of rotatable bonds is 4. The predicted molar refractivity (Wildman–Crippen MR) is 64.0 cm³/mol. The van der Waals surface area contributed by atoms with Crippen LogP contribution in [0.2, 0.25) is 0 Å². The highest BCUT2D eigenvalue weighted by Crippen LogP contribution is 2.16. The van der Waals surface area contributed by atoms with Crippen LogP contribution in [0, 0.1) is 5.92 Å². The van der Waals surface area contributed by atoms with Crippen molar-refractivity contribution in [3.8, 4) is 0 Å². The number of hydrogen-bond donors (Lipinski definition) is 3. The van der Waals surface area contributed by atoms with Crippen molar-refractivity contribution < 1.29 is 8.42 Å². The summed E-state index contributed by atoms with van der Waals surface area (Å²) in [6.45, 7) is 3.80. The molecule has 7 heteroatoms. The largest absolute Gasteiger partial charge is 0.335 e. The SMILES string of the molecule is CC(NS(=O)(=O)c1cnc[nH]1)C1CCCNC1. The van der Waals surface area contributed by atoms with Crippen LogP contribution in [-0.4, -0.2) is 37.5 Å². The predicted octanol–water partition coefficient (Wildman–Crippen LogP) is 0.0761. The molecule has 6 nitrogen and oxygen atoms in total. The Balaban J connectivity index is 2.00. The molecule has 0 radical (unpaired) electrons. The zero-order chi connectivity index (χ0) is 12.3. The molecule has 2 unspecified atom stereocenters. The lowest BCUT2D eigenvalue weighted by atomic mass is 9.94. The van der Waals surface area contributed by atoms with E-state index in [-0.39, 0.29) is 11.1 Å². The van der Waals surface area contributed by atoms with Gasteiger partial charge >= 0.3 is 0 Å². The van der Waals surface area contributed by atoms with Gasteiger partial charge in [0.2, 0.25) is 0 Å². The Kier molecular flexibility index (Phi) is 3.80. The summed E-state index contributed by atoms with van der Waals surface area (Å²) in [5.41, 5.74) is 0. The zero-order valence-electron chi connectivity index (χ0n) is 9.81. The van der Waals surface area contributed by atoms with Crippen molar-refractivity contribution in [2.75, 3.05) is 13.1 Å². The van der Waals surface area contributed by atoms with Gasteiger partial charge in [0.25, 0.3) is 10.0 Å². The number of H-pyrrole nitrogens is 1. The van der Waals surface area contributed by atoms with Crippen molar-refractivity contribution in [2.45, 2.75) is 30.8 Å². The molecule has 1 aromatic rings. The van der Waals surface area contributed by atoms with Crippen LogP contribution >= 0.6 is 0 Å². The monoisotopic (exact) mass is 258 g/mol. The molecular weight excluding hydrogens is 240 g/mol. The summed E-state index contributed by atoms with van der Waals surface area (Å²) < 4.78 is 26.6. The fraction of sp³-hybridized carbons (Fsp3) is 0.700. The lowest BCUT2D eigenvalue weighted by Gasteiger charge is -2.28. The van der Waals surface area contributed by atoms with Crippen molar-refractivity contribution >= 4 is 10.0 Å². The molecule has 1 aromatic heterocycles. The molecular formula is C10H18N4O2S. The normalized spacial score (nSPS) is 23.5. The quantitative estimate of drug-likeness (QED) is 0.713. The topological polar surface area (TPSA) is 86.9 Å². The minimum atomic E-state index is -3.46. The molecule has 3 N–H and O–H groups in total. The molecule has 0 amide bonds. The smallest absolute Gasteiger partial charge is 0.257 e. The number of piperidine rings is 1. The number of imidazole rings is 1. The standard InChI is InChI=1S/C10H18N4O2S/c1-8(9-3-2-4-11-5-9)14-17(15,16)10-6-12-7-13-10/h6-9,11,14H,2-5H2,1H3,(H,12,13). The van der Waals surface area contributed by atoms with Gasteiger partial charge < -0.3 is 10.3 Å². The second-order valence-electron chi connectivity index (χ2n) is 4.43. The maximum absolute atomic E-state index is 11.9. The van der Waals surface area contributed by atoms with Crippen molar-refractivity contribution in [1.82, 2.24) is 20.0 Å². The molecule has 1 aliphatic rings. The fourth-order valence-corrected chi connectivity index (χ4v) is 3.32. The third-order valence-corrected chi connectivity index (χ3v) is 4.63. The van der Waals surface area contributed by atoms with Crippen LogP contribution in [0.4, 0.5) is 0 Å². The molecule has 17 heavy (non-hydrogen) atoms. The summed E-state index contributed by atoms with van der Waals surface area (Å²) in [4.78, 5) is 6.33. The Labute approximate surface area is 101 Å². The summed E-state index contributed by atoms with van der Waals surface area (Å²) >= 11 is 0. The third-order valence-electron chi connectivity index (χ3n) is 3.15. The lowest BCUT2D eigenvalue weighted by Crippen LogP contribution is -2.44. The molecule has 2 atom stereocenters. The summed E-state index contributed by atoms with van der Waals surface area (Å²) in [5.74, 6) is 0.349. The van der Waals surface area contributed by atoms with Crippen LogP contribution in [0.15, 0.2) is 17.6 Å². The van der Waals surface area contributed by atoms with Gasteiger partial charge in [-0.05, 0) is 38.8 Å². The van der Waals surface area contributed by atoms with E-state index in [9.17, 15) is 8.42 Å². The molecule has 0 saturated carbocycles. The van der Waals surface area contributed by atoms with Gasteiger partial charge in [-0.1, -0.05) is 0 Å². The minimum absolute atomic E-state index is 0.0731. The van der Waals surface area contributed by atoms with E-state index in [1.807, 2.05) is 6.92 Å².